The molecule has 0 unspecified atom stereocenters. The molecule has 0 atom stereocenters. The lowest BCUT2D eigenvalue weighted by molar-refractivity contribution is 0.0792. The summed E-state index contributed by atoms with van der Waals surface area (Å²) in [4.78, 5) is 18.2. The average molecular weight is 218 g/mol. The van der Waals surface area contributed by atoms with Crippen LogP contribution in [-0.2, 0) is 0 Å². The summed E-state index contributed by atoms with van der Waals surface area (Å²) < 4.78 is 0. The van der Waals surface area contributed by atoms with Gasteiger partial charge in [-0.1, -0.05) is 13.8 Å². The minimum absolute atomic E-state index is 0.132. The molecule has 3 heteroatoms. The Labute approximate surface area is 96.5 Å². The highest BCUT2D eigenvalue weighted by Gasteiger charge is 2.19. The van der Waals surface area contributed by atoms with Crippen molar-refractivity contribution in [2.24, 2.45) is 0 Å². The first-order chi connectivity index (χ1) is 7.68. The molecule has 1 amide bonds. The Bertz CT molecular complexity index is 381. The third-order valence-electron chi connectivity index (χ3n) is 3.07. The molecule has 86 valence electrons. The highest BCUT2D eigenvalue weighted by atomic mass is 16.2. The molecule has 0 N–H and O–H groups in total. The van der Waals surface area contributed by atoms with E-state index in [0.717, 1.165) is 37.1 Å². The molecule has 0 aliphatic carbocycles. The minimum Gasteiger partial charge on any atom is -0.339 e. The number of rotatable bonds is 2. The number of hydrogen-bond donors (Lipinski definition) is 0. The van der Waals surface area contributed by atoms with E-state index in [9.17, 15) is 4.79 Å². The van der Waals surface area contributed by atoms with Crippen LogP contribution >= 0.6 is 0 Å². The standard InChI is InChI=1S/C13H18N2O/c1-10(2)11-7-12(9-14-8-11)13(16)15-5-3-4-6-15/h7-10H,3-6H2,1-2H3. The second kappa shape index (κ2) is 4.64. The highest BCUT2D eigenvalue weighted by molar-refractivity contribution is 5.94. The van der Waals surface area contributed by atoms with Gasteiger partial charge in [-0.3, -0.25) is 9.78 Å². The Hall–Kier alpha value is -1.38. The lowest BCUT2D eigenvalue weighted by Crippen LogP contribution is -2.27. The summed E-state index contributed by atoms with van der Waals surface area (Å²) in [5.41, 5.74) is 1.86. The third-order valence-corrected chi connectivity index (χ3v) is 3.07. The van der Waals surface area contributed by atoms with Gasteiger partial charge in [0.2, 0.25) is 0 Å². The van der Waals surface area contributed by atoms with Crippen molar-refractivity contribution in [3.63, 3.8) is 0 Å². The predicted octanol–water partition coefficient (Wildman–Crippen LogP) is 2.44. The summed E-state index contributed by atoms with van der Waals surface area (Å²) >= 11 is 0. The predicted molar refractivity (Wildman–Crippen MR) is 63.5 cm³/mol. The fourth-order valence-electron chi connectivity index (χ4n) is 1.99. The van der Waals surface area contributed by atoms with Gasteiger partial charge >= 0.3 is 0 Å². The van der Waals surface area contributed by atoms with Crippen LogP contribution in [0, 0.1) is 0 Å². The SMILES string of the molecule is CC(C)c1cncc(C(=O)N2CCCC2)c1. The Morgan fingerprint density at radius 3 is 2.62 bits per heavy atom. The number of amides is 1. The summed E-state index contributed by atoms with van der Waals surface area (Å²) in [5.74, 6) is 0.548. The fourth-order valence-corrected chi connectivity index (χ4v) is 1.99. The molecule has 1 aromatic rings. The van der Waals surface area contributed by atoms with Gasteiger partial charge in [-0.2, -0.15) is 0 Å². The summed E-state index contributed by atoms with van der Waals surface area (Å²) in [6, 6.07) is 1.97. The van der Waals surface area contributed by atoms with Crippen molar-refractivity contribution in [1.82, 2.24) is 9.88 Å². The maximum absolute atomic E-state index is 12.1. The van der Waals surface area contributed by atoms with E-state index in [2.05, 4.69) is 18.8 Å². The molecule has 0 saturated carbocycles. The molecule has 2 rings (SSSR count). The quantitative estimate of drug-likeness (QED) is 0.764. The molecule has 1 saturated heterocycles. The molecule has 0 bridgehead atoms. The number of carbonyl (C=O) groups is 1. The van der Waals surface area contributed by atoms with Crippen LogP contribution in [-0.4, -0.2) is 28.9 Å². The highest BCUT2D eigenvalue weighted by Crippen LogP contribution is 2.17. The van der Waals surface area contributed by atoms with Crippen molar-refractivity contribution >= 4 is 5.91 Å². The van der Waals surface area contributed by atoms with Gasteiger partial charge in [0.25, 0.3) is 5.91 Å². The van der Waals surface area contributed by atoms with Gasteiger partial charge in [-0.25, -0.2) is 0 Å². The summed E-state index contributed by atoms with van der Waals surface area (Å²) in [6.07, 6.45) is 5.77. The van der Waals surface area contributed by atoms with Crippen LogP contribution in [0.5, 0.6) is 0 Å². The van der Waals surface area contributed by atoms with E-state index in [4.69, 9.17) is 0 Å². The molecule has 0 radical (unpaired) electrons. The van der Waals surface area contributed by atoms with E-state index in [1.165, 1.54) is 0 Å². The number of aromatic nitrogens is 1. The van der Waals surface area contributed by atoms with Gasteiger partial charge in [0.05, 0.1) is 5.56 Å². The molecule has 2 heterocycles. The van der Waals surface area contributed by atoms with E-state index >= 15 is 0 Å². The number of nitrogens with zero attached hydrogens (tertiary/aromatic N) is 2. The Kier molecular flexibility index (Phi) is 3.22. The van der Waals surface area contributed by atoms with Crippen LogP contribution in [0.2, 0.25) is 0 Å². The zero-order valence-corrected chi connectivity index (χ0v) is 9.94. The lowest BCUT2D eigenvalue weighted by Gasteiger charge is -2.15. The molecule has 16 heavy (non-hydrogen) atoms. The topological polar surface area (TPSA) is 33.2 Å². The van der Waals surface area contributed by atoms with Crippen molar-refractivity contribution in [2.45, 2.75) is 32.6 Å². The number of likely N-dealkylation sites (tertiary alicyclic amines) is 1. The van der Waals surface area contributed by atoms with Gasteiger partial charge in [0, 0.05) is 25.5 Å². The Morgan fingerprint density at radius 2 is 2.00 bits per heavy atom. The van der Waals surface area contributed by atoms with Crippen molar-refractivity contribution < 1.29 is 4.79 Å². The second-order valence-corrected chi connectivity index (χ2v) is 4.66. The first kappa shape index (κ1) is 11.1. The summed E-state index contributed by atoms with van der Waals surface area (Å²) in [5, 5.41) is 0. The lowest BCUT2D eigenvalue weighted by atomic mass is 10.0. The van der Waals surface area contributed by atoms with Crippen LogP contribution in [0.3, 0.4) is 0 Å². The maximum atomic E-state index is 12.1. The molecule has 1 fully saturated rings. The second-order valence-electron chi connectivity index (χ2n) is 4.66. The van der Waals surface area contributed by atoms with E-state index in [1.54, 1.807) is 6.20 Å². The van der Waals surface area contributed by atoms with Gasteiger partial charge in [0.15, 0.2) is 0 Å². The first-order valence-corrected chi connectivity index (χ1v) is 5.92. The zero-order chi connectivity index (χ0) is 11.5. The van der Waals surface area contributed by atoms with Crippen molar-refractivity contribution in [1.29, 1.82) is 0 Å². The largest absolute Gasteiger partial charge is 0.339 e. The van der Waals surface area contributed by atoms with Gasteiger partial charge in [-0.05, 0) is 30.4 Å². The van der Waals surface area contributed by atoms with Crippen molar-refractivity contribution in [2.75, 3.05) is 13.1 Å². The Morgan fingerprint density at radius 1 is 1.31 bits per heavy atom. The van der Waals surface area contributed by atoms with Crippen LogP contribution in [0.4, 0.5) is 0 Å². The van der Waals surface area contributed by atoms with Gasteiger partial charge in [0.1, 0.15) is 0 Å². The molecule has 0 spiro atoms. The van der Waals surface area contributed by atoms with E-state index in [1.807, 2.05) is 17.2 Å². The summed E-state index contributed by atoms with van der Waals surface area (Å²) in [7, 11) is 0. The van der Waals surface area contributed by atoms with Crippen molar-refractivity contribution in [3.05, 3.63) is 29.6 Å². The number of hydrogen-bond acceptors (Lipinski definition) is 2. The van der Waals surface area contributed by atoms with E-state index in [0.29, 0.717) is 5.92 Å². The smallest absolute Gasteiger partial charge is 0.255 e. The van der Waals surface area contributed by atoms with Crippen LogP contribution in [0.1, 0.15) is 48.5 Å². The monoisotopic (exact) mass is 218 g/mol. The fraction of sp³-hybridized carbons (Fsp3) is 0.538. The third kappa shape index (κ3) is 2.23. The molecular formula is C13H18N2O. The maximum Gasteiger partial charge on any atom is 0.255 e. The van der Waals surface area contributed by atoms with Gasteiger partial charge < -0.3 is 4.90 Å². The Balaban J connectivity index is 2.19. The average Bonchev–Trinajstić information content (AvgIpc) is 2.81. The van der Waals surface area contributed by atoms with Gasteiger partial charge in [-0.15, -0.1) is 0 Å². The zero-order valence-electron chi connectivity index (χ0n) is 9.94. The number of pyridine rings is 1. The van der Waals surface area contributed by atoms with Crippen LogP contribution in [0.15, 0.2) is 18.5 Å². The molecule has 1 aromatic heterocycles. The molecule has 1 aliphatic rings. The normalized spacial score (nSPS) is 15.8. The van der Waals surface area contributed by atoms with E-state index < -0.39 is 0 Å². The summed E-state index contributed by atoms with van der Waals surface area (Å²) in [6.45, 7) is 6.01. The first-order valence-electron chi connectivity index (χ1n) is 5.92. The van der Waals surface area contributed by atoms with E-state index in [-0.39, 0.29) is 5.91 Å². The van der Waals surface area contributed by atoms with Crippen LogP contribution < -0.4 is 0 Å². The molecular weight excluding hydrogens is 200 g/mol. The number of carbonyl (C=O) groups excluding carboxylic acids is 1. The molecule has 1 aliphatic heterocycles. The van der Waals surface area contributed by atoms with Crippen molar-refractivity contribution in [3.8, 4) is 0 Å². The minimum atomic E-state index is 0.132. The van der Waals surface area contributed by atoms with Crippen LogP contribution in [0.25, 0.3) is 0 Å². The molecule has 0 aromatic carbocycles. The molecule has 3 nitrogen and oxygen atoms in total.